The van der Waals surface area contributed by atoms with Crippen molar-refractivity contribution in [3.8, 4) is 17.3 Å². The van der Waals surface area contributed by atoms with Crippen LogP contribution in [0.4, 0.5) is 0 Å². The van der Waals surface area contributed by atoms with Gasteiger partial charge >= 0.3 is 0 Å². The van der Waals surface area contributed by atoms with Gasteiger partial charge in [-0.2, -0.15) is 5.10 Å². The van der Waals surface area contributed by atoms with Crippen molar-refractivity contribution < 1.29 is 9.21 Å². The number of amides is 1. The number of aromatic nitrogens is 4. The molecule has 0 aliphatic carbocycles. The first-order valence-corrected chi connectivity index (χ1v) is 9.88. The smallest absolute Gasteiger partial charge is 0.268 e. The molecule has 0 saturated carbocycles. The lowest BCUT2D eigenvalue weighted by Gasteiger charge is -2.21. The van der Waals surface area contributed by atoms with Gasteiger partial charge in [-0.05, 0) is 37.1 Å². The average Bonchev–Trinajstić information content (AvgIpc) is 3.27. The molecule has 7 nitrogen and oxygen atoms in total. The lowest BCUT2D eigenvalue weighted by atomic mass is 9.91. The van der Waals surface area contributed by atoms with E-state index < -0.39 is 0 Å². The highest BCUT2D eigenvalue weighted by molar-refractivity contribution is 5.94. The van der Waals surface area contributed by atoms with Crippen LogP contribution in [0.3, 0.4) is 0 Å². The average molecular weight is 396 g/mol. The lowest BCUT2D eigenvalue weighted by molar-refractivity contribution is 0.0930. The fourth-order valence-electron chi connectivity index (χ4n) is 2.85. The minimum atomic E-state index is -0.176. The van der Waals surface area contributed by atoms with Gasteiger partial charge in [0.1, 0.15) is 5.69 Å². The third kappa shape index (κ3) is 4.55. The van der Waals surface area contributed by atoms with E-state index in [-0.39, 0.29) is 17.4 Å². The van der Waals surface area contributed by atoms with E-state index in [9.17, 15) is 4.79 Å². The van der Waals surface area contributed by atoms with Crippen LogP contribution in [0.25, 0.3) is 17.3 Å². The summed E-state index contributed by atoms with van der Waals surface area (Å²) in [6.45, 7) is 14.3. The molecule has 1 aromatic carbocycles. The number of nitrogens with zero attached hydrogens (tertiary/aromatic N) is 4. The number of hydrogen-bond donors (Lipinski definition) is 1. The summed E-state index contributed by atoms with van der Waals surface area (Å²) >= 11 is 0. The molecule has 2 aromatic heterocycles. The van der Waals surface area contributed by atoms with Gasteiger partial charge in [-0.25, -0.2) is 4.68 Å². The largest absolute Gasteiger partial charge is 0.420 e. The first-order chi connectivity index (χ1) is 13.6. The Morgan fingerprint density at radius 1 is 1.14 bits per heavy atom. The van der Waals surface area contributed by atoms with E-state index in [4.69, 9.17) is 9.52 Å². The number of hydrogen-bond acceptors (Lipinski definition) is 5. The number of benzene rings is 1. The third-order valence-corrected chi connectivity index (χ3v) is 4.93. The second kappa shape index (κ2) is 7.81. The SMILES string of the molecule is Cc1nnc(-c2cc(C(C)(C)C)n(-c3cccc(C(=O)N[C@@H](C)C(C)C)c3)n2)o1. The van der Waals surface area contributed by atoms with Crippen LogP contribution >= 0.6 is 0 Å². The molecule has 0 unspecified atom stereocenters. The zero-order valence-corrected chi connectivity index (χ0v) is 18.1. The van der Waals surface area contributed by atoms with Crippen molar-refractivity contribution in [2.75, 3.05) is 0 Å². The Hall–Kier alpha value is -2.96. The normalized spacial score (nSPS) is 13.0. The molecule has 29 heavy (non-hydrogen) atoms. The standard InChI is InChI=1S/C22H29N5O2/c1-13(2)14(3)23-20(28)16-9-8-10-17(11-16)27-19(22(5,6)7)12-18(26-27)21-25-24-15(4)29-21/h8-14H,1-7H3,(H,23,28)/t14-/m0/s1. The van der Waals surface area contributed by atoms with Crippen LogP contribution in [0.5, 0.6) is 0 Å². The van der Waals surface area contributed by atoms with Crippen LogP contribution in [0.15, 0.2) is 34.7 Å². The number of carbonyl (C=O) groups is 1. The minimum Gasteiger partial charge on any atom is -0.420 e. The molecule has 0 fully saturated rings. The van der Waals surface area contributed by atoms with E-state index in [0.717, 1.165) is 11.4 Å². The van der Waals surface area contributed by atoms with E-state index in [1.807, 2.05) is 41.9 Å². The molecule has 7 heteroatoms. The minimum absolute atomic E-state index is 0.0911. The maximum absolute atomic E-state index is 12.7. The number of nitrogens with one attached hydrogen (secondary N) is 1. The maximum Gasteiger partial charge on any atom is 0.268 e. The zero-order chi connectivity index (χ0) is 21.3. The molecule has 0 spiro atoms. The summed E-state index contributed by atoms with van der Waals surface area (Å²) in [4.78, 5) is 12.7. The third-order valence-electron chi connectivity index (χ3n) is 4.93. The van der Waals surface area contributed by atoms with E-state index in [1.165, 1.54) is 0 Å². The predicted molar refractivity (Wildman–Crippen MR) is 112 cm³/mol. The molecule has 3 aromatic rings. The Labute approximate surface area is 171 Å². The quantitative estimate of drug-likeness (QED) is 0.696. The Balaban J connectivity index is 2.02. The van der Waals surface area contributed by atoms with Gasteiger partial charge in [0, 0.05) is 23.9 Å². The van der Waals surface area contributed by atoms with Gasteiger partial charge in [0.2, 0.25) is 5.89 Å². The molecule has 0 saturated heterocycles. The summed E-state index contributed by atoms with van der Waals surface area (Å²) in [5, 5.41) is 15.7. The van der Waals surface area contributed by atoms with Gasteiger partial charge in [-0.1, -0.05) is 40.7 Å². The van der Waals surface area contributed by atoms with Crippen LogP contribution in [0, 0.1) is 12.8 Å². The van der Waals surface area contributed by atoms with Gasteiger partial charge in [-0.3, -0.25) is 4.79 Å². The molecule has 0 bridgehead atoms. The van der Waals surface area contributed by atoms with E-state index in [0.29, 0.717) is 29.0 Å². The van der Waals surface area contributed by atoms with Gasteiger partial charge in [-0.15, -0.1) is 10.2 Å². The van der Waals surface area contributed by atoms with Crippen LogP contribution in [-0.4, -0.2) is 31.9 Å². The van der Waals surface area contributed by atoms with E-state index in [2.05, 4.69) is 50.1 Å². The molecule has 154 valence electrons. The summed E-state index contributed by atoms with van der Waals surface area (Å²) in [5.41, 5.74) is 2.82. The Morgan fingerprint density at radius 3 is 2.45 bits per heavy atom. The fraction of sp³-hybridized carbons (Fsp3) is 0.455. The van der Waals surface area contributed by atoms with Gasteiger partial charge in [0.15, 0.2) is 0 Å². The first kappa shape index (κ1) is 20.8. The molecular weight excluding hydrogens is 366 g/mol. The summed E-state index contributed by atoms with van der Waals surface area (Å²) in [7, 11) is 0. The first-order valence-electron chi connectivity index (χ1n) is 9.88. The summed E-state index contributed by atoms with van der Waals surface area (Å²) in [5.74, 6) is 1.14. The maximum atomic E-state index is 12.7. The highest BCUT2D eigenvalue weighted by atomic mass is 16.4. The van der Waals surface area contributed by atoms with Crippen molar-refractivity contribution >= 4 is 5.91 Å². The number of aryl methyl sites for hydroxylation is 1. The second-order valence-electron chi connectivity index (χ2n) is 8.76. The molecular formula is C22H29N5O2. The number of rotatable bonds is 5. The van der Waals surface area contributed by atoms with Gasteiger partial charge < -0.3 is 9.73 Å². The van der Waals surface area contributed by atoms with Crippen LogP contribution in [0.1, 0.15) is 63.5 Å². The molecule has 2 heterocycles. The Morgan fingerprint density at radius 2 is 1.86 bits per heavy atom. The molecule has 1 N–H and O–H groups in total. The molecule has 0 aliphatic rings. The van der Waals surface area contributed by atoms with Crippen molar-refractivity contribution in [3.05, 3.63) is 47.5 Å². The zero-order valence-electron chi connectivity index (χ0n) is 18.1. The summed E-state index contributed by atoms with van der Waals surface area (Å²) < 4.78 is 7.40. The summed E-state index contributed by atoms with van der Waals surface area (Å²) in [6, 6.07) is 9.53. The fourth-order valence-corrected chi connectivity index (χ4v) is 2.85. The Bertz CT molecular complexity index is 1010. The Kier molecular flexibility index (Phi) is 5.59. The second-order valence-corrected chi connectivity index (χ2v) is 8.76. The monoisotopic (exact) mass is 395 g/mol. The molecule has 3 rings (SSSR count). The lowest BCUT2D eigenvalue weighted by Crippen LogP contribution is -2.36. The van der Waals surface area contributed by atoms with E-state index >= 15 is 0 Å². The van der Waals surface area contributed by atoms with Crippen molar-refractivity contribution in [2.45, 2.75) is 59.9 Å². The van der Waals surface area contributed by atoms with Crippen LogP contribution in [0.2, 0.25) is 0 Å². The summed E-state index contributed by atoms with van der Waals surface area (Å²) in [6.07, 6.45) is 0. The molecule has 1 atom stereocenters. The van der Waals surface area contributed by atoms with E-state index in [1.54, 1.807) is 6.92 Å². The molecule has 0 radical (unpaired) electrons. The van der Waals surface area contributed by atoms with Crippen molar-refractivity contribution in [2.24, 2.45) is 5.92 Å². The topological polar surface area (TPSA) is 85.8 Å². The van der Waals surface area contributed by atoms with Crippen molar-refractivity contribution in [1.82, 2.24) is 25.3 Å². The van der Waals surface area contributed by atoms with Crippen LogP contribution < -0.4 is 5.32 Å². The highest BCUT2D eigenvalue weighted by Gasteiger charge is 2.24. The van der Waals surface area contributed by atoms with Gasteiger partial charge in [0.05, 0.1) is 11.4 Å². The molecule has 1 amide bonds. The van der Waals surface area contributed by atoms with Crippen LogP contribution in [-0.2, 0) is 5.41 Å². The number of carbonyl (C=O) groups excluding carboxylic acids is 1. The van der Waals surface area contributed by atoms with Crippen molar-refractivity contribution in [3.63, 3.8) is 0 Å². The molecule has 0 aliphatic heterocycles. The van der Waals surface area contributed by atoms with Gasteiger partial charge in [0.25, 0.3) is 11.8 Å². The van der Waals surface area contributed by atoms with Crippen molar-refractivity contribution in [1.29, 1.82) is 0 Å². The highest BCUT2D eigenvalue weighted by Crippen LogP contribution is 2.29. The predicted octanol–water partition coefficient (Wildman–Crippen LogP) is 4.30.